The molecule has 4 nitrogen and oxygen atoms in total. The van der Waals surface area contributed by atoms with E-state index in [2.05, 4.69) is 4.98 Å². The van der Waals surface area contributed by atoms with E-state index < -0.39 is 11.9 Å². The second-order valence-electron chi connectivity index (χ2n) is 5.11. The van der Waals surface area contributed by atoms with Crippen molar-refractivity contribution in [2.45, 2.75) is 31.7 Å². The van der Waals surface area contributed by atoms with Gasteiger partial charge in [0.1, 0.15) is 5.76 Å². The first-order valence-corrected chi connectivity index (χ1v) is 7.82. The number of hydrogen-bond acceptors (Lipinski definition) is 5. The molecule has 3 heterocycles. The van der Waals surface area contributed by atoms with Gasteiger partial charge in [-0.2, -0.15) is 13.2 Å². The van der Waals surface area contributed by atoms with Crippen molar-refractivity contribution in [1.29, 1.82) is 0 Å². The Bertz CT molecular complexity index is 592. The summed E-state index contributed by atoms with van der Waals surface area (Å²) in [6.45, 7) is 1.58. The summed E-state index contributed by atoms with van der Waals surface area (Å²) < 4.78 is 49.1. The van der Waals surface area contributed by atoms with Gasteiger partial charge in [0.05, 0.1) is 18.9 Å². The molecule has 0 spiro atoms. The fraction of sp³-hybridized carbons (Fsp3) is 0.500. The van der Waals surface area contributed by atoms with Gasteiger partial charge in [-0.05, 0) is 25.0 Å². The van der Waals surface area contributed by atoms with E-state index in [1.54, 1.807) is 23.3 Å². The zero-order chi connectivity index (χ0) is 15.6. The van der Waals surface area contributed by atoms with Gasteiger partial charge in [0, 0.05) is 18.5 Å². The van der Waals surface area contributed by atoms with E-state index in [9.17, 15) is 13.2 Å². The Labute approximate surface area is 129 Å². The summed E-state index contributed by atoms with van der Waals surface area (Å²) in [4.78, 5) is 5.51. The Morgan fingerprint density at radius 3 is 2.86 bits per heavy atom. The fourth-order valence-electron chi connectivity index (χ4n) is 2.37. The first-order valence-electron chi connectivity index (χ1n) is 6.94. The summed E-state index contributed by atoms with van der Waals surface area (Å²) >= 11 is 0.987. The van der Waals surface area contributed by atoms with Gasteiger partial charge in [-0.15, -0.1) is 11.3 Å². The average Bonchev–Trinajstić information content (AvgIpc) is 3.20. The quantitative estimate of drug-likeness (QED) is 0.831. The maximum atomic E-state index is 12.7. The first kappa shape index (κ1) is 15.4. The van der Waals surface area contributed by atoms with Crippen molar-refractivity contribution in [2.75, 3.05) is 18.1 Å². The lowest BCUT2D eigenvalue weighted by Gasteiger charge is -2.23. The maximum Gasteiger partial charge on any atom is 0.434 e. The number of nitrogens with zero attached hydrogens (tertiary/aromatic N) is 2. The second kappa shape index (κ2) is 6.29. The molecule has 0 saturated carbocycles. The van der Waals surface area contributed by atoms with Gasteiger partial charge in [-0.25, -0.2) is 4.98 Å². The third-order valence-electron chi connectivity index (χ3n) is 3.43. The normalized spacial score (nSPS) is 18.8. The molecule has 22 heavy (non-hydrogen) atoms. The number of anilines is 1. The van der Waals surface area contributed by atoms with Crippen LogP contribution in [0.2, 0.25) is 0 Å². The molecule has 3 rings (SSSR count). The molecule has 1 aliphatic rings. The van der Waals surface area contributed by atoms with Gasteiger partial charge in [0.15, 0.2) is 10.8 Å². The largest absolute Gasteiger partial charge is 0.467 e. The minimum absolute atomic E-state index is 0.0215. The van der Waals surface area contributed by atoms with Crippen LogP contribution < -0.4 is 4.90 Å². The van der Waals surface area contributed by atoms with Gasteiger partial charge >= 0.3 is 6.18 Å². The van der Waals surface area contributed by atoms with E-state index in [-0.39, 0.29) is 6.10 Å². The molecule has 0 bridgehead atoms. The zero-order valence-electron chi connectivity index (χ0n) is 11.7. The first-order chi connectivity index (χ1) is 10.5. The number of aromatic nitrogens is 1. The van der Waals surface area contributed by atoms with E-state index in [0.29, 0.717) is 30.6 Å². The van der Waals surface area contributed by atoms with E-state index in [1.807, 2.05) is 0 Å². The fourth-order valence-corrected chi connectivity index (χ4v) is 3.22. The molecule has 8 heteroatoms. The molecule has 0 N–H and O–H groups in total. The molecular weight excluding hydrogens is 317 g/mol. The molecule has 1 saturated heterocycles. The second-order valence-corrected chi connectivity index (χ2v) is 5.94. The molecule has 0 aliphatic carbocycles. The molecule has 1 unspecified atom stereocenters. The summed E-state index contributed by atoms with van der Waals surface area (Å²) in [5.74, 6) is 0.682. The highest BCUT2D eigenvalue weighted by Gasteiger charge is 2.34. The monoisotopic (exact) mass is 332 g/mol. The van der Waals surface area contributed by atoms with Crippen LogP contribution in [0.5, 0.6) is 0 Å². The topological polar surface area (TPSA) is 38.5 Å². The lowest BCUT2D eigenvalue weighted by molar-refractivity contribution is -0.140. The molecular formula is C14H15F3N2O2S. The van der Waals surface area contributed by atoms with Crippen LogP contribution >= 0.6 is 11.3 Å². The van der Waals surface area contributed by atoms with Crippen LogP contribution in [0.4, 0.5) is 18.3 Å². The van der Waals surface area contributed by atoms with Gasteiger partial charge < -0.3 is 14.1 Å². The lowest BCUT2D eigenvalue weighted by Crippen LogP contribution is -2.31. The van der Waals surface area contributed by atoms with Gasteiger partial charge in [-0.1, -0.05) is 0 Å². The van der Waals surface area contributed by atoms with E-state index >= 15 is 0 Å². The number of thiazole rings is 1. The van der Waals surface area contributed by atoms with Gasteiger partial charge in [0.25, 0.3) is 0 Å². The van der Waals surface area contributed by atoms with Gasteiger partial charge in [-0.3, -0.25) is 0 Å². The van der Waals surface area contributed by atoms with Crippen LogP contribution in [0.3, 0.4) is 0 Å². The third-order valence-corrected chi connectivity index (χ3v) is 4.33. The zero-order valence-corrected chi connectivity index (χ0v) is 12.5. The van der Waals surface area contributed by atoms with E-state index in [0.717, 1.165) is 29.6 Å². The SMILES string of the molecule is FC(F)(F)c1csc(N(Cc2ccco2)CC2CCCO2)n1. The minimum atomic E-state index is -4.42. The van der Waals surface area contributed by atoms with Crippen molar-refractivity contribution in [3.8, 4) is 0 Å². The number of ether oxygens (including phenoxy) is 1. The molecule has 0 aromatic carbocycles. The lowest BCUT2D eigenvalue weighted by atomic mass is 10.2. The molecule has 0 radical (unpaired) electrons. The van der Waals surface area contributed by atoms with Crippen molar-refractivity contribution < 1.29 is 22.3 Å². The van der Waals surface area contributed by atoms with Crippen LogP contribution in [0.25, 0.3) is 0 Å². The molecule has 2 aromatic rings. The summed E-state index contributed by atoms with van der Waals surface area (Å²) in [6.07, 6.45) is -0.970. The molecule has 2 aromatic heterocycles. The van der Waals surface area contributed by atoms with Crippen LogP contribution in [-0.2, 0) is 17.5 Å². The molecule has 120 valence electrons. The van der Waals surface area contributed by atoms with Crippen molar-refractivity contribution >= 4 is 16.5 Å². The Morgan fingerprint density at radius 1 is 1.41 bits per heavy atom. The van der Waals surface area contributed by atoms with Crippen LogP contribution in [0.1, 0.15) is 24.3 Å². The molecule has 1 aliphatic heterocycles. The number of hydrogen-bond donors (Lipinski definition) is 0. The van der Waals surface area contributed by atoms with Crippen molar-refractivity contribution in [3.63, 3.8) is 0 Å². The van der Waals surface area contributed by atoms with E-state index in [1.165, 1.54) is 0 Å². The van der Waals surface area contributed by atoms with Gasteiger partial charge in [0.2, 0.25) is 0 Å². The van der Waals surface area contributed by atoms with Crippen LogP contribution in [0, 0.1) is 0 Å². The molecule has 0 amide bonds. The third kappa shape index (κ3) is 3.61. The van der Waals surface area contributed by atoms with Crippen molar-refractivity contribution in [3.05, 3.63) is 35.2 Å². The smallest absolute Gasteiger partial charge is 0.434 e. The standard InChI is InChI=1S/C14H15F3N2O2S/c15-14(16,17)12-9-22-13(18-12)19(7-10-3-1-5-20-10)8-11-4-2-6-21-11/h1,3,5,9,11H,2,4,6-8H2. The Balaban J connectivity index is 1.78. The van der Waals surface area contributed by atoms with Crippen LogP contribution in [-0.4, -0.2) is 24.2 Å². The highest BCUT2D eigenvalue weighted by Crippen LogP contribution is 2.33. The number of rotatable bonds is 5. The molecule has 1 atom stereocenters. The predicted octanol–water partition coefficient (Wildman–Crippen LogP) is 3.94. The summed E-state index contributed by atoms with van der Waals surface area (Å²) in [6, 6.07) is 3.54. The Kier molecular flexibility index (Phi) is 4.39. The van der Waals surface area contributed by atoms with Crippen LogP contribution in [0.15, 0.2) is 28.2 Å². The minimum Gasteiger partial charge on any atom is -0.467 e. The molecule has 1 fully saturated rings. The average molecular weight is 332 g/mol. The maximum absolute atomic E-state index is 12.7. The van der Waals surface area contributed by atoms with Crippen molar-refractivity contribution in [1.82, 2.24) is 4.98 Å². The predicted molar refractivity (Wildman–Crippen MR) is 75.8 cm³/mol. The highest BCUT2D eigenvalue weighted by atomic mass is 32.1. The number of alkyl halides is 3. The number of halogens is 3. The van der Waals surface area contributed by atoms with Crippen molar-refractivity contribution in [2.24, 2.45) is 0 Å². The number of furan rings is 1. The Hall–Kier alpha value is -1.54. The van der Waals surface area contributed by atoms with E-state index in [4.69, 9.17) is 9.15 Å². The summed E-state index contributed by atoms with van der Waals surface area (Å²) in [5, 5.41) is 1.37. The Morgan fingerprint density at radius 2 is 2.27 bits per heavy atom. The summed E-state index contributed by atoms with van der Waals surface area (Å²) in [5.41, 5.74) is -0.857. The summed E-state index contributed by atoms with van der Waals surface area (Å²) in [7, 11) is 0. The highest BCUT2D eigenvalue weighted by molar-refractivity contribution is 7.13.